The highest BCUT2D eigenvalue weighted by Gasteiger charge is 2.05. The van der Waals surface area contributed by atoms with Crippen molar-refractivity contribution in [3.8, 4) is 0 Å². The molecule has 0 fully saturated rings. The molecule has 0 saturated carbocycles. The first-order valence-corrected chi connectivity index (χ1v) is 3.04. The van der Waals surface area contributed by atoms with E-state index in [-0.39, 0.29) is 0 Å². The van der Waals surface area contributed by atoms with Gasteiger partial charge in [-0.3, -0.25) is 0 Å². The van der Waals surface area contributed by atoms with Crippen LogP contribution in [0.25, 0.3) is 0 Å². The van der Waals surface area contributed by atoms with Crippen LogP contribution in [0.2, 0.25) is 0 Å². The first kappa shape index (κ1) is 13.4. The van der Waals surface area contributed by atoms with Gasteiger partial charge in [0, 0.05) is 0 Å². The zero-order chi connectivity index (χ0) is 10.1. The summed E-state index contributed by atoms with van der Waals surface area (Å²) in [6.07, 6.45) is -0.995. The summed E-state index contributed by atoms with van der Waals surface area (Å²) in [7, 11) is 1.23. The van der Waals surface area contributed by atoms with Crippen molar-refractivity contribution in [2.24, 2.45) is 0 Å². The van der Waals surface area contributed by atoms with Crippen molar-refractivity contribution >= 4 is 11.9 Å². The number of hydrogen-bond acceptors (Lipinski definition) is 5. The molecule has 0 aromatic heterocycles. The first-order chi connectivity index (χ1) is 5.45. The van der Waals surface area contributed by atoms with E-state index >= 15 is 0 Å². The maximum Gasteiger partial charge on any atom is 0.334 e. The molecule has 0 heterocycles. The van der Waals surface area contributed by atoms with Gasteiger partial charge in [-0.1, -0.05) is 0 Å². The number of esters is 1. The van der Waals surface area contributed by atoms with E-state index in [1.165, 1.54) is 14.0 Å². The summed E-state index contributed by atoms with van der Waals surface area (Å²) in [6, 6.07) is 0. The Morgan fingerprint density at radius 1 is 1.50 bits per heavy atom. The molecule has 0 aliphatic rings. The summed E-state index contributed by atoms with van der Waals surface area (Å²) in [4.78, 5) is 19.2. The van der Waals surface area contributed by atoms with E-state index in [2.05, 4.69) is 4.74 Å². The molecule has 6 heteroatoms. The lowest BCUT2D eigenvalue weighted by Gasteiger charge is -1.97. The molecule has 1 unspecified atom stereocenters. The van der Waals surface area contributed by atoms with Crippen LogP contribution in [0, 0.1) is 0 Å². The minimum atomic E-state index is -1.19. The van der Waals surface area contributed by atoms with E-state index in [0.29, 0.717) is 0 Å². The van der Waals surface area contributed by atoms with Gasteiger partial charge in [-0.05, 0) is 6.92 Å². The van der Waals surface area contributed by atoms with E-state index < -0.39 is 24.6 Å². The van der Waals surface area contributed by atoms with Crippen LogP contribution < -0.4 is 0 Å². The maximum atomic E-state index is 10.0. The number of carboxylic acids is 1. The first-order valence-electron chi connectivity index (χ1n) is 3.04. The van der Waals surface area contributed by atoms with Crippen molar-refractivity contribution in [3.05, 3.63) is 0 Å². The Kier molecular flexibility index (Phi) is 8.92. The van der Waals surface area contributed by atoms with Gasteiger partial charge >= 0.3 is 11.9 Å². The summed E-state index contributed by atoms with van der Waals surface area (Å²) in [5, 5.41) is 23.4. The third-order valence-electron chi connectivity index (χ3n) is 0.678. The van der Waals surface area contributed by atoms with Gasteiger partial charge < -0.3 is 20.1 Å². The molecule has 12 heavy (non-hydrogen) atoms. The summed E-state index contributed by atoms with van der Waals surface area (Å²) in [5.74, 6) is -1.79. The molecule has 0 aromatic carbocycles. The number of rotatable bonds is 2. The SMILES string of the molecule is COC(=O)C(C)O.O=C(O)CO. The normalized spacial score (nSPS) is 10.7. The zero-order valence-corrected chi connectivity index (χ0v) is 6.85. The van der Waals surface area contributed by atoms with E-state index in [0.717, 1.165) is 0 Å². The molecule has 0 spiro atoms. The predicted octanol–water partition coefficient (Wildman–Crippen LogP) is -1.40. The third kappa shape index (κ3) is 11.6. The summed E-state index contributed by atoms with van der Waals surface area (Å²) in [5.41, 5.74) is 0. The summed E-state index contributed by atoms with van der Waals surface area (Å²) in [6.45, 7) is 0.575. The van der Waals surface area contributed by atoms with Crippen LogP contribution >= 0.6 is 0 Å². The lowest BCUT2D eigenvalue weighted by atomic mass is 10.4. The second kappa shape index (κ2) is 7.96. The van der Waals surface area contributed by atoms with Gasteiger partial charge in [0.2, 0.25) is 0 Å². The van der Waals surface area contributed by atoms with Crippen molar-refractivity contribution in [1.82, 2.24) is 0 Å². The maximum absolute atomic E-state index is 10.0. The molecule has 0 amide bonds. The fourth-order valence-electron chi connectivity index (χ4n) is 0.171. The minimum absolute atomic E-state index is 0.597. The molecule has 0 bridgehead atoms. The Balaban J connectivity index is 0. The van der Waals surface area contributed by atoms with Gasteiger partial charge in [0.25, 0.3) is 0 Å². The minimum Gasteiger partial charge on any atom is -0.480 e. The van der Waals surface area contributed by atoms with E-state index in [4.69, 9.17) is 20.1 Å². The third-order valence-corrected chi connectivity index (χ3v) is 0.678. The van der Waals surface area contributed by atoms with Gasteiger partial charge in [-0.15, -0.1) is 0 Å². The van der Waals surface area contributed by atoms with Crippen molar-refractivity contribution in [3.63, 3.8) is 0 Å². The summed E-state index contributed by atoms with van der Waals surface area (Å²) >= 11 is 0. The van der Waals surface area contributed by atoms with Gasteiger partial charge in [-0.2, -0.15) is 0 Å². The van der Waals surface area contributed by atoms with Gasteiger partial charge in [0.05, 0.1) is 7.11 Å². The molecule has 0 radical (unpaired) electrons. The molecular formula is C6H12O6. The number of carbonyl (C=O) groups excluding carboxylic acids is 1. The van der Waals surface area contributed by atoms with Crippen molar-refractivity contribution in [1.29, 1.82) is 0 Å². The number of aliphatic hydroxyl groups is 2. The number of aliphatic hydroxyl groups excluding tert-OH is 2. The Labute approximate surface area is 69.4 Å². The van der Waals surface area contributed by atoms with Crippen LogP contribution in [0.15, 0.2) is 0 Å². The second-order valence-electron chi connectivity index (χ2n) is 1.75. The molecule has 72 valence electrons. The summed E-state index contributed by atoms with van der Waals surface area (Å²) < 4.78 is 4.12. The Morgan fingerprint density at radius 3 is 1.83 bits per heavy atom. The van der Waals surface area contributed by atoms with Crippen LogP contribution in [0.1, 0.15) is 6.92 Å². The van der Waals surface area contributed by atoms with Crippen LogP contribution in [-0.4, -0.2) is 47.1 Å². The van der Waals surface area contributed by atoms with Crippen LogP contribution in [0.5, 0.6) is 0 Å². The average molecular weight is 180 g/mol. The topological polar surface area (TPSA) is 104 Å². The lowest BCUT2D eigenvalue weighted by molar-refractivity contribution is -0.149. The molecule has 0 aliphatic carbocycles. The molecule has 0 rings (SSSR count). The molecule has 6 nitrogen and oxygen atoms in total. The Morgan fingerprint density at radius 2 is 1.83 bits per heavy atom. The zero-order valence-electron chi connectivity index (χ0n) is 6.85. The number of carbonyl (C=O) groups is 2. The van der Waals surface area contributed by atoms with E-state index in [1.807, 2.05) is 0 Å². The number of carboxylic acid groups (broad SMARTS) is 1. The Bertz CT molecular complexity index is 141. The molecule has 0 aromatic rings. The van der Waals surface area contributed by atoms with Crippen molar-refractivity contribution in [2.75, 3.05) is 13.7 Å². The highest BCUT2D eigenvalue weighted by atomic mass is 16.5. The quantitative estimate of drug-likeness (QED) is 0.451. The van der Waals surface area contributed by atoms with E-state index in [1.54, 1.807) is 0 Å². The predicted molar refractivity (Wildman–Crippen MR) is 38.4 cm³/mol. The highest BCUT2D eigenvalue weighted by Crippen LogP contribution is 1.80. The van der Waals surface area contributed by atoms with Gasteiger partial charge in [-0.25, -0.2) is 9.59 Å². The second-order valence-corrected chi connectivity index (χ2v) is 1.75. The molecule has 1 atom stereocenters. The van der Waals surface area contributed by atoms with Crippen molar-refractivity contribution in [2.45, 2.75) is 13.0 Å². The number of hydrogen-bond donors (Lipinski definition) is 3. The van der Waals surface area contributed by atoms with Gasteiger partial charge in [0.15, 0.2) is 0 Å². The lowest BCUT2D eigenvalue weighted by Crippen LogP contribution is -2.16. The smallest absolute Gasteiger partial charge is 0.334 e. The van der Waals surface area contributed by atoms with Crippen molar-refractivity contribution < 1.29 is 29.6 Å². The molecule has 3 N–H and O–H groups in total. The van der Waals surface area contributed by atoms with E-state index in [9.17, 15) is 4.79 Å². The highest BCUT2D eigenvalue weighted by molar-refractivity contribution is 5.73. The monoisotopic (exact) mass is 180 g/mol. The standard InChI is InChI=1S/C4H8O3.C2H4O3/c1-3(5)4(6)7-2;3-1-2(4)5/h3,5H,1-2H3;3H,1H2,(H,4,5). The number of methoxy groups -OCH3 is 1. The largest absolute Gasteiger partial charge is 0.480 e. The van der Waals surface area contributed by atoms with Crippen LogP contribution in [-0.2, 0) is 14.3 Å². The number of aliphatic carboxylic acids is 1. The van der Waals surface area contributed by atoms with Crippen LogP contribution in [0.4, 0.5) is 0 Å². The molecular weight excluding hydrogens is 168 g/mol. The molecule has 0 saturated heterocycles. The number of ether oxygens (including phenoxy) is 1. The fourth-order valence-corrected chi connectivity index (χ4v) is 0.171. The fraction of sp³-hybridized carbons (Fsp3) is 0.667. The van der Waals surface area contributed by atoms with Gasteiger partial charge in [0.1, 0.15) is 12.7 Å². The average Bonchev–Trinajstić information content (AvgIpc) is 2.04. The molecule has 0 aliphatic heterocycles. The van der Waals surface area contributed by atoms with Crippen LogP contribution in [0.3, 0.4) is 0 Å². The Hall–Kier alpha value is -1.14.